The van der Waals surface area contributed by atoms with Crippen molar-refractivity contribution in [2.24, 2.45) is 0 Å². The van der Waals surface area contributed by atoms with Crippen LogP contribution in [0.4, 0.5) is 4.79 Å². The average molecular weight is 403 g/mol. The smallest absolute Gasteiger partial charge is 0.407 e. The molecule has 5 nitrogen and oxygen atoms in total. The molecule has 0 heterocycles. The van der Waals surface area contributed by atoms with Crippen LogP contribution >= 0.6 is 0 Å². The monoisotopic (exact) mass is 403 g/mol. The quantitative estimate of drug-likeness (QED) is 0.732. The molecular formula is C25H25NO4. The zero-order chi connectivity index (χ0) is 21.3. The third-order valence-corrected chi connectivity index (χ3v) is 5.00. The molecule has 5 heteroatoms. The summed E-state index contributed by atoms with van der Waals surface area (Å²) in [5, 5.41) is 11.9. The zero-order valence-electron chi connectivity index (χ0n) is 16.7. The standard InChI is InChI=1S/C25H25NO4/c1-18-10-4-2-7-13-20(22-15-9-8-14-21(18)22)17-30-25(29)26-23(24(27)28)16-19-11-5-3-6-12-19/h2-12,14-15,20,23H,1,13,16-17H2,(H,26,29)(H,27,28)/b7-2-,10-4-/t20?,23-/m0/s1. The fraction of sp³-hybridized carbons (Fsp3) is 0.200. The summed E-state index contributed by atoms with van der Waals surface area (Å²) in [5.41, 5.74) is 3.77. The van der Waals surface area contributed by atoms with Crippen LogP contribution in [0.15, 0.2) is 85.5 Å². The van der Waals surface area contributed by atoms with Gasteiger partial charge in [0, 0.05) is 12.3 Å². The Balaban J connectivity index is 1.66. The largest absolute Gasteiger partial charge is 0.480 e. The number of benzene rings is 2. The Bertz CT molecular complexity index is 962. The van der Waals surface area contributed by atoms with Gasteiger partial charge in [-0.15, -0.1) is 0 Å². The van der Waals surface area contributed by atoms with Crippen LogP contribution in [-0.2, 0) is 16.0 Å². The third kappa shape index (κ3) is 5.70. The summed E-state index contributed by atoms with van der Waals surface area (Å²) in [6.07, 6.45) is 8.00. The van der Waals surface area contributed by atoms with Crippen molar-refractivity contribution in [1.29, 1.82) is 0 Å². The van der Waals surface area contributed by atoms with Crippen LogP contribution in [0.1, 0.15) is 29.0 Å². The number of alkyl carbamates (subject to hydrolysis) is 1. The number of amides is 1. The van der Waals surface area contributed by atoms with Gasteiger partial charge in [0.15, 0.2) is 0 Å². The molecule has 0 aliphatic heterocycles. The molecule has 2 aromatic rings. The van der Waals surface area contributed by atoms with Gasteiger partial charge in [0.2, 0.25) is 0 Å². The highest BCUT2D eigenvalue weighted by Gasteiger charge is 2.23. The van der Waals surface area contributed by atoms with Crippen LogP contribution in [0, 0.1) is 0 Å². The Hall–Kier alpha value is -3.60. The van der Waals surface area contributed by atoms with Gasteiger partial charge in [-0.1, -0.05) is 85.5 Å². The van der Waals surface area contributed by atoms with E-state index in [1.807, 2.05) is 78.9 Å². The number of allylic oxidation sites excluding steroid dienone is 5. The summed E-state index contributed by atoms with van der Waals surface area (Å²) in [6, 6.07) is 16.0. The van der Waals surface area contributed by atoms with E-state index >= 15 is 0 Å². The van der Waals surface area contributed by atoms with Crippen LogP contribution < -0.4 is 5.32 Å². The van der Waals surface area contributed by atoms with Crippen molar-refractivity contribution in [2.75, 3.05) is 6.61 Å². The van der Waals surface area contributed by atoms with Gasteiger partial charge in [0.05, 0.1) is 0 Å². The maximum absolute atomic E-state index is 12.3. The Kier molecular flexibility index (Phi) is 7.22. The first-order valence-corrected chi connectivity index (χ1v) is 9.86. The maximum atomic E-state index is 12.3. The summed E-state index contributed by atoms with van der Waals surface area (Å²) in [5.74, 6) is -1.16. The topological polar surface area (TPSA) is 75.6 Å². The van der Waals surface area contributed by atoms with Gasteiger partial charge in [-0.05, 0) is 28.7 Å². The predicted molar refractivity (Wildman–Crippen MR) is 117 cm³/mol. The van der Waals surface area contributed by atoms with Crippen LogP contribution in [0.5, 0.6) is 0 Å². The molecule has 0 spiro atoms. The van der Waals surface area contributed by atoms with Gasteiger partial charge >= 0.3 is 12.1 Å². The highest BCUT2D eigenvalue weighted by molar-refractivity contribution is 5.80. The lowest BCUT2D eigenvalue weighted by Crippen LogP contribution is -2.42. The predicted octanol–water partition coefficient (Wildman–Crippen LogP) is 4.72. The van der Waals surface area contributed by atoms with Gasteiger partial charge < -0.3 is 15.2 Å². The first-order chi connectivity index (χ1) is 14.5. The molecule has 1 aliphatic carbocycles. The Morgan fingerprint density at radius 3 is 2.60 bits per heavy atom. The molecule has 0 fully saturated rings. The number of carboxylic acid groups (broad SMARTS) is 1. The lowest BCUT2D eigenvalue weighted by Gasteiger charge is -2.20. The third-order valence-electron chi connectivity index (χ3n) is 5.00. The Morgan fingerprint density at radius 1 is 1.10 bits per heavy atom. The summed E-state index contributed by atoms with van der Waals surface area (Å²) in [6.45, 7) is 4.26. The van der Waals surface area contributed by atoms with Crippen LogP contribution in [0.25, 0.3) is 5.57 Å². The van der Waals surface area contributed by atoms with Gasteiger partial charge in [-0.3, -0.25) is 0 Å². The minimum Gasteiger partial charge on any atom is -0.480 e. The second-order valence-electron chi connectivity index (χ2n) is 7.16. The van der Waals surface area contributed by atoms with E-state index in [1.54, 1.807) is 0 Å². The molecule has 0 saturated carbocycles. The normalized spacial score (nSPS) is 18.7. The maximum Gasteiger partial charge on any atom is 0.407 e. The number of rotatable bonds is 6. The van der Waals surface area contributed by atoms with Crippen molar-refractivity contribution in [1.82, 2.24) is 5.32 Å². The van der Waals surface area contributed by atoms with Crippen LogP contribution in [0.2, 0.25) is 0 Å². The number of hydrogen-bond acceptors (Lipinski definition) is 3. The van der Waals surface area contributed by atoms with Gasteiger partial charge in [-0.2, -0.15) is 0 Å². The fourth-order valence-electron chi connectivity index (χ4n) is 3.42. The molecule has 154 valence electrons. The Labute approximate surface area is 176 Å². The van der Waals surface area contributed by atoms with Gasteiger partial charge in [0.25, 0.3) is 0 Å². The number of aliphatic carboxylic acids is 1. The molecule has 0 aromatic heterocycles. The Morgan fingerprint density at radius 2 is 1.83 bits per heavy atom. The average Bonchev–Trinajstić information content (AvgIpc) is 2.82. The number of nitrogens with one attached hydrogen (secondary N) is 1. The molecule has 2 aromatic carbocycles. The number of hydrogen-bond donors (Lipinski definition) is 2. The van der Waals surface area contributed by atoms with E-state index in [0.717, 1.165) is 22.3 Å². The molecule has 3 rings (SSSR count). The SMILES string of the molecule is C=C1/C=C\C=C/CC(COC(=O)N[C@@H](Cc2ccccc2)C(=O)O)c2ccccc21. The first-order valence-electron chi connectivity index (χ1n) is 9.86. The molecule has 1 aliphatic rings. The highest BCUT2D eigenvalue weighted by atomic mass is 16.5. The number of fused-ring (bicyclic) bond motifs is 1. The summed E-state index contributed by atoms with van der Waals surface area (Å²) < 4.78 is 5.43. The minimum atomic E-state index is -1.10. The molecular weight excluding hydrogens is 378 g/mol. The number of carbonyl (C=O) groups is 2. The van der Waals surface area contributed by atoms with Crippen molar-refractivity contribution in [2.45, 2.75) is 24.8 Å². The van der Waals surface area contributed by atoms with Gasteiger partial charge in [0.1, 0.15) is 12.6 Å². The van der Waals surface area contributed by atoms with Crippen molar-refractivity contribution in [3.05, 3.63) is 102 Å². The second-order valence-corrected chi connectivity index (χ2v) is 7.16. The molecule has 1 amide bonds. The van der Waals surface area contributed by atoms with Crippen LogP contribution in [-0.4, -0.2) is 29.8 Å². The van der Waals surface area contributed by atoms with E-state index in [0.29, 0.717) is 6.42 Å². The van der Waals surface area contributed by atoms with Gasteiger partial charge in [-0.25, -0.2) is 9.59 Å². The van der Waals surface area contributed by atoms with Crippen molar-refractivity contribution >= 4 is 17.6 Å². The number of carboxylic acids is 1. The second kappa shape index (κ2) is 10.3. The molecule has 30 heavy (non-hydrogen) atoms. The highest BCUT2D eigenvalue weighted by Crippen LogP contribution is 2.30. The molecule has 0 bridgehead atoms. The van der Waals surface area contributed by atoms with Crippen molar-refractivity contribution in [3.63, 3.8) is 0 Å². The zero-order valence-corrected chi connectivity index (χ0v) is 16.7. The van der Waals surface area contributed by atoms with Crippen molar-refractivity contribution in [3.8, 4) is 0 Å². The minimum absolute atomic E-state index is 0.0581. The van der Waals surface area contributed by atoms with E-state index in [-0.39, 0.29) is 18.9 Å². The summed E-state index contributed by atoms with van der Waals surface area (Å²) >= 11 is 0. The molecule has 0 saturated heterocycles. The summed E-state index contributed by atoms with van der Waals surface area (Å²) in [4.78, 5) is 23.9. The molecule has 1 unspecified atom stereocenters. The van der Waals surface area contributed by atoms with E-state index in [1.165, 1.54) is 0 Å². The van der Waals surface area contributed by atoms with E-state index < -0.39 is 18.1 Å². The molecule has 2 atom stereocenters. The van der Waals surface area contributed by atoms with Crippen LogP contribution in [0.3, 0.4) is 0 Å². The lowest BCUT2D eigenvalue weighted by atomic mass is 9.89. The fourth-order valence-corrected chi connectivity index (χ4v) is 3.42. The van der Waals surface area contributed by atoms with E-state index in [9.17, 15) is 14.7 Å². The van der Waals surface area contributed by atoms with Crippen molar-refractivity contribution < 1.29 is 19.4 Å². The lowest BCUT2D eigenvalue weighted by molar-refractivity contribution is -0.139. The van der Waals surface area contributed by atoms with E-state index in [2.05, 4.69) is 11.9 Å². The van der Waals surface area contributed by atoms with E-state index in [4.69, 9.17) is 4.74 Å². The summed E-state index contributed by atoms with van der Waals surface area (Å²) in [7, 11) is 0. The first kappa shape index (κ1) is 21.1. The number of ether oxygens (including phenoxy) is 1. The molecule has 2 N–H and O–H groups in total. The molecule has 0 radical (unpaired) electrons. The number of carbonyl (C=O) groups excluding carboxylic acids is 1.